The molecule has 1 aromatic heterocycles. The summed E-state index contributed by atoms with van der Waals surface area (Å²) in [7, 11) is 0. The number of aromatic nitrogens is 1. The topological polar surface area (TPSA) is 46.3 Å². The highest BCUT2D eigenvalue weighted by Gasteiger charge is 2.26. The van der Waals surface area contributed by atoms with Crippen molar-refractivity contribution >= 4 is 28.6 Å². The third-order valence-electron chi connectivity index (χ3n) is 3.82. The summed E-state index contributed by atoms with van der Waals surface area (Å²) in [6.07, 6.45) is 2.23. The van der Waals surface area contributed by atoms with Crippen molar-refractivity contribution in [3.05, 3.63) is 30.2 Å². The van der Waals surface area contributed by atoms with E-state index >= 15 is 0 Å². The zero-order chi connectivity index (χ0) is 13.9. The number of likely N-dealkylation sites (tertiary alicyclic amines) is 1. The fourth-order valence-electron chi connectivity index (χ4n) is 2.68. The second-order valence-corrected chi connectivity index (χ2v) is 5.49. The summed E-state index contributed by atoms with van der Waals surface area (Å²) in [5.74, 6) is 1.65. The van der Waals surface area contributed by atoms with Crippen molar-refractivity contribution in [2.24, 2.45) is 0 Å². The van der Waals surface area contributed by atoms with E-state index in [-0.39, 0.29) is 5.91 Å². The van der Waals surface area contributed by atoms with Crippen molar-refractivity contribution in [2.45, 2.75) is 25.2 Å². The summed E-state index contributed by atoms with van der Waals surface area (Å²) in [5, 5.41) is 0. The van der Waals surface area contributed by atoms with E-state index < -0.39 is 0 Å². The Morgan fingerprint density at radius 3 is 2.80 bits per heavy atom. The highest BCUT2D eigenvalue weighted by molar-refractivity contribution is 6.18. The van der Waals surface area contributed by atoms with E-state index in [1.54, 1.807) is 0 Å². The normalized spacial score (nSPS) is 16.8. The van der Waals surface area contributed by atoms with Gasteiger partial charge in [0.15, 0.2) is 11.5 Å². The Hall–Kier alpha value is -1.55. The van der Waals surface area contributed by atoms with Crippen molar-refractivity contribution in [1.82, 2.24) is 9.88 Å². The van der Waals surface area contributed by atoms with E-state index in [9.17, 15) is 4.79 Å². The number of para-hydroxylation sites is 2. The average molecular weight is 293 g/mol. The molecule has 1 saturated heterocycles. The number of halogens is 1. The zero-order valence-electron chi connectivity index (χ0n) is 11.2. The molecule has 106 valence electrons. The largest absolute Gasteiger partial charge is 0.440 e. The number of hydrogen-bond donors (Lipinski definition) is 0. The number of piperidine rings is 1. The lowest BCUT2D eigenvalue weighted by Crippen LogP contribution is -2.38. The second kappa shape index (κ2) is 5.83. The van der Waals surface area contributed by atoms with Gasteiger partial charge >= 0.3 is 0 Å². The van der Waals surface area contributed by atoms with Crippen molar-refractivity contribution in [3.8, 4) is 0 Å². The summed E-state index contributed by atoms with van der Waals surface area (Å²) in [5.41, 5.74) is 1.74. The number of hydrogen-bond acceptors (Lipinski definition) is 3. The van der Waals surface area contributed by atoms with Crippen molar-refractivity contribution in [1.29, 1.82) is 0 Å². The van der Waals surface area contributed by atoms with Gasteiger partial charge in [0, 0.05) is 31.3 Å². The number of oxazole rings is 1. The highest BCUT2D eigenvalue weighted by Crippen LogP contribution is 2.30. The summed E-state index contributed by atoms with van der Waals surface area (Å²) in [6.45, 7) is 1.53. The van der Waals surface area contributed by atoms with Crippen LogP contribution in [0, 0.1) is 0 Å². The Bertz CT molecular complexity index is 570. The number of alkyl halides is 1. The van der Waals surface area contributed by atoms with Crippen LogP contribution in [0.2, 0.25) is 0 Å². The third-order valence-corrected chi connectivity index (χ3v) is 4.00. The number of carbonyl (C=O) groups is 1. The minimum Gasteiger partial charge on any atom is -0.440 e. The maximum atomic E-state index is 11.8. The minimum absolute atomic E-state index is 0.149. The third kappa shape index (κ3) is 2.66. The molecule has 0 atom stereocenters. The molecular formula is C15H17ClN2O2. The highest BCUT2D eigenvalue weighted by atomic mass is 35.5. The molecule has 0 unspecified atom stereocenters. The van der Waals surface area contributed by atoms with Gasteiger partial charge in [-0.25, -0.2) is 4.98 Å². The Morgan fingerprint density at radius 2 is 2.10 bits per heavy atom. The molecule has 0 N–H and O–H groups in total. The van der Waals surface area contributed by atoms with Crippen molar-refractivity contribution in [2.75, 3.05) is 19.0 Å². The predicted octanol–water partition coefficient (Wildman–Crippen LogP) is 3.16. The molecule has 2 aromatic rings. The monoisotopic (exact) mass is 292 g/mol. The molecule has 2 heterocycles. The zero-order valence-corrected chi connectivity index (χ0v) is 12.0. The van der Waals surface area contributed by atoms with Gasteiger partial charge in [-0.2, -0.15) is 0 Å². The molecule has 1 fully saturated rings. The molecule has 1 aromatic carbocycles. The van der Waals surface area contributed by atoms with Crippen LogP contribution in [0.5, 0.6) is 0 Å². The minimum atomic E-state index is 0.149. The van der Waals surface area contributed by atoms with E-state index in [0.717, 1.165) is 42.9 Å². The maximum Gasteiger partial charge on any atom is 0.223 e. The first-order valence-electron chi connectivity index (χ1n) is 6.97. The Labute approximate surface area is 122 Å². The summed E-state index contributed by atoms with van der Waals surface area (Å²) < 4.78 is 5.82. The van der Waals surface area contributed by atoms with E-state index in [4.69, 9.17) is 16.0 Å². The molecule has 5 heteroatoms. The first kappa shape index (κ1) is 13.4. The van der Waals surface area contributed by atoms with Gasteiger partial charge in [0.2, 0.25) is 5.91 Å². The molecule has 4 nitrogen and oxygen atoms in total. The summed E-state index contributed by atoms with van der Waals surface area (Å²) in [6, 6.07) is 7.80. The van der Waals surface area contributed by atoms with Gasteiger partial charge in [-0.1, -0.05) is 12.1 Å². The smallest absolute Gasteiger partial charge is 0.223 e. The molecule has 0 spiro atoms. The number of fused-ring (bicyclic) bond motifs is 1. The van der Waals surface area contributed by atoms with Crippen LogP contribution in [0.15, 0.2) is 28.7 Å². The van der Waals surface area contributed by atoms with Gasteiger partial charge in [-0.15, -0.1) is 11.6 Å². The molecule has 0 radical (unpaired) electrons. The van der Waals surface area contributed by atoms with E-state index in [1.807, 2.05) is 29.2 Å². The lowest BCUT2D eigenvalue weighted by Gasteiger charge is -2.30. The van der Waals surface area contributed by atoms with Crippen LogP contribution in [-0.2, 0) is 4.79 Å². The fraction of sp³-hybridized carbons (Fsp3) is 0.467. The van der Waals surface area contributed by atoms with Crippen LogP contribution < -0.4 is 0 Å². The number of rotatable bonds is 3. The predicted molar refractivity (Wildman–Crippen MR) is 77.9 cm³/mol. The molecule has 0 saturated carbocycles. The number of benzene rings is 1. The van der Waals surface area contributed by atoms with Gasteiger partial charge < -0.3 is 9.32 Å². The van der Waals surface area contributed by atoms with Crippen molar-refractivity contribution in [3.63, 3.8) is 0 Å². The lowest BCUT2D eigenvalue weighted by atomic mass is 9.96. The standard InChI is InChI=1S/C15H17ClN2O2/c16-8-5-14(19)18-9-6-11(7-10-18)15-17-12-3-1-2-4-13(12)20-15/h1-4,11H,5-10H2. The molecule has 3 rings (SSSR count). The van der Waals surface area contributed by atoms with Crippen LogP contribution in [0.4, 0.5) is 0 Å². The van der Waals surface area contributed by atoms with Gasteiger partial charge in [0.05, 0.1) is 0 Å². The average Bonchev–Trinajstić information content (AvgIpc) is 2.91. The van der Waals surface area contributed by atoms with Crippen LogP contribution in [0.3, 0.4) is 0 Å². The molecule has 0 aliphatic carbocycles. The van der Waals surface area contributed by atoms with Crippen LogP contribution in [-0.4, -0.2) is 34.8 Å². The molecule has 1 amide bonds. The molecular weight excluding hydrogens is 276 g/mol. The molecule has 20 heavy (non-hydrogen) atoms. The van der Waals surface area contributed by atoms with Gasteiger partial charge in [-0.3, -0.25) is 4.79 Å². The number of amides is 1. The second-order valence-electron chi connectivity index (χ2n) is 5.11. The van der Waals surface area contributed by atoms with E-state index in [0.29, 0.717) is 18.2 Å². The van der Waals surface area contributed by atoms with Gasteiger partial charge in [-0.05, 0) is 25.0 Å². The quantitative estimate of drug-likeness (QED) is 0.816. The maximum absolute atomic E-state index is 11.8. The molecule has 1 aliphatic rings. The first-order valence-corrected chi connectivity index (χ1v) is 7.50. The van der Waals surface area contributed by atoms with Gasteiger partial charge in [0.25, 0.3) is 0 Å². The first-order chi connectivity index (χ1) is 9.78. The SMILES string of the molecule is O=C(CCCl)N1CCC(c2nc3ccccc3o2)CC1. The van der Waals surface area contributed by atoms with E-state index in [1.165, 1.54) is 0 Å². The van der Waals surface area contributed by atoms with Crippen LogP contribution in [0.25, 0.3) is 11.1 Å². The molecule has 0 bridgehead atoms. The van der Waals surface area contributed by atoms with Gasteiger partial charge in [0.1, 0.15) is 5.52 Å². The number of nitrogens with zero attached hydrogens (tertiary/aromatic N) is 2. The summed E-state index contributed by atoms with van der Waals surface area (Å²) in [4.78, 5) is 18.2. The lowest BCUT2D eigenvalue weighted by molar-refractivity contribution is -0.131. The van der Waals surface area contributed by atoms with Crippen LogP contribution >= 0.6 is 11.6 Å². The summed E-state index contributed by atoms with van der Waals surface area (Å²) >= 11 is 5.61. The fourth-order valence-corrected chi connectivity index (χ4v) is 2.84. The number of carbonyl (C=O) groups excluding carboxylic acids is 1. The van der Waals surface area contributed by atoms with E-state index in [2.05, 4.69) is 4.98 Å². The molecule has 1 aliphatic heterocycles. The van der Waals surface area contributed by atoms with Crippen LogP contribution in [0.1, 0.15) is 31.1 Å². The Kier molecular flexibility index (Phi) is 3.92. The Morgan fingerprint density at radius 1 is 1.35 bits per heavy atom. The Balaban J connectivity index is 1.67. The van der Waals surface area contributed by atoms with Crippen molar-refractivity contribution < 1.29 is 9.21 Å².